The third kappa shape index (κ3) is 4.63. The number of likely N-dealkylation sites (tertiary alicyclic amines) is 2. The Morgan fingerprint density at radius 1 is 1.30 bits per heavy atom. The van der Waals surface area contributed by atoms with E-state index >= 15 is 0 Å². The summed E-state index contributed by atoms with van der Waals surface area (Å²) in [6.07, 6.45) is 2.48. The van der Waals surface area contributed by atoms with Crippen molar-refractivity contribution in [3.8, 4) is 0 Å². The zero-order valence-corrected chi connectivity index (χ0v) is 13.3. The molecule has 2 aliphatic heterocycles. The quantitative estimate of drug-likeness (QED) is 0.852. The molecule has 0 aliphatic carbocycles. The number of nitrogens with one attached hydrogen (secondary N) is 1. The van der Waals surface area contributed by atoms with Crippen LogP contribution in [0.25, 0.3) is 0 Å². The number of ether oxygens (including phenoxy) is 1. The molecular formula is C15H29N3O2. The normalized spacial score (nSPS) is 22.7. The molecule has 0 aromatic heterocycles. The highest BCUT2D eigenvalue weighted by molar-refractivity contribution is 5.69. The fourth-order valence-corrected chi connectivity index (χ4v) is 2.87. The van der Waals surface area contributed by atoms with Crippen LogP contribution < -0.4 is 5.32 Å². The predicted molar refractivity (Wildman–Crippen MR) is 79.9 cm³/mol. The molecule has 1 amide bonds. The van der Waals surface area contributed by atoms with Gasteiger partial charge in [-0.25, -0.2) is 4.79 Å². The number of carbonyl (C=O) groups excluding carboxylic acids is 1. The van der Waals surface area contributed by atoms with E-state index in [1.165, 1.54) is 25.9 Å². The maximum Gasteiger partial charge on any atom is 0.410 e. The Morgan fingerprint density at radius 3 is 2.45 bits per heavy atom. The Hall–Kier alpha value is -0.810. The van der Waals surface area contributed by atoms with Crippen molar-refractivity contribution in [3.05, 3.63) is 0 Å². The van der Waals surface area contributed by atoms with E-state index in [-0.39, 0.29) is 6.09 Å². The highest BCUT2D eigenvalue weighted by atomic mass is 16.6. The number of hydrogen-bond donors (Lipinski definition) is 1. The lowest BCUT2D eigenvalue weighted by Gasteiger charge is -2.41. The minimum atomic E-state index is -0.404. The van der Waals surface area contributed by atoms with Crippen molar-refractivity contribution in [2.45, 2.75) is 58.2 Å². The fourth-order valence-electron chi connectivity index (χ4n) is 2.87. The lowest BCUT2D eigenvalue weighted by molar-refractivity contribution is 0.00400. The van der Waals surface area contributed by atoms with Gasteiger partial charge in [-0.3, -0.25) is 0 Å². The van der Waals surface area contributed by atoms with E-state index in [1.807, 2.05) is 20.8 Å². The first-order chi connectivity index (χ1) is 9.33. The standard InChI is InChI=1S/C15H29N3O2/c1-12(9-17-7-5-6-8-17)16-13-10-18(11-13)14(19)20-15(2,3)4/h12-13,16H,5-11H2,1-4H3. The van der Waals surface area contributed by atoms with Crippen LogP contribution in [0.4, 0.5) is 4.79 Å². The molecule has 0 aromatic rings. The second-order valence-corrected chi connectivity index (χ2v) is 7.16. The van der Waals surface area contributed by atoms with E-state index in [0.717, 1.165) is 19.6 Å². The smallest absolute Gasteiger partial charge is 0.410 e. The lowest BCUT2D eigenvalue weighted by Crippen LogP contribution is -2.62. The molecule has 5 nitrogen and oxygen atoms in total. The van der Waals surface area contributed by atoms with Crippen LogP contribution in [0, 0.1) is 0 Å². The van der Waals surface area contributed by atoms with E-state index in [2.05, 4.69) is 17.1 Å². The Labute approximate surface area is 122 Å². The highest BCUT2D eigenvalue weighted by Gasteiger charge is 2.34. The number of rotatable bonds is 4. The molecule has 0 radical (unpaired) electrons. The third-order valence-electron chi connectivity index (χ3n) is 3.78. The van der Waals surface area contributed by atoms with Gasteiger partial charge in [-0.1, -0.05) is 0 Å². The van der Waals surface area contributed by atoms with Crippen molar-refractivity contribution < 1.29 is 9.53 Å². The highest BCUT2D eigenvalue weighted by Crippen LogP contribution is 2.16. The molecule has 2 aliphatic rings. The van der Waals surface area contributed by atoms with Gasteiger partial charge in [-0.2, -0.15) is 0 Å². The summed E-state index contributed by atoms with van der Waals surface area (Å²) in [7, 11) is 0. The molecule has 1 unspecified atom stereocenters. The third-order valence-corrected chi connectivity index (χ3v) is 3.78. The van der Waals surface area contributed by atoms with Crippen LogP contribution in [-0.2, 0) is 4.74 Å². The molecule has 0 spiro atoms. The van der Waals surface area contributed by atoms with E-state index in [0.29, 0.717) is 12.1 Å². The van der Waals surface area contributed by atoms with E-state index in [9.17, 15) is 4.79 Å². The van der Waals surface area contributed by atoms with Gasteiger partial charge < -0.3 is 19.9 Å². The molecule has 0 bridgehead atoms. The molecule has 1 atom stereocenters. The second kappa shape index (κ2) is 6.31. The molecule has 0 aromatic carbocycles. The Balaban J connectivity index is 1.62. The van der Waals surface area contributed by atoms with Crippen molar-refractivity contribution >= 4 is 6.09 Å². The second-order valence-electron chi connectivity index (χ2n) is 7.16. The van der Waals surface area contributed by atoms with Crippen molar-refractivity contribution in [2.24, 2.45) is 0 Å². The van der Waals surface area contributed by atoms with Gasteiger partial charge in [-0.05, 0) is 53.6 Å². The fraction of sp³-hybridized carbons (Fsp3) is 0.933. The van der Waals surface area contributed by atoms with Gasteiger partial charge in [0.15, 0.2) is 0 Å². The first-order valence-corrected chi connectivity index (χ1v) is 7.80. The molecule has 2 rings (SSSR count). The monoisotopic (exact) mass is 283 g/mol. The summed E-state index contributed by atoms with van der Waals surface area (Å²) in [4.78, 5) is 16.1. The van der Waals surface area contributed by atoms with Crippen molar-refractivity contribution in [1.82, 2.24) is 15.1 Å². The van der Waals surface area contributed by atoms with Crippen LogP contribution in [0.15, 0.2) is 0 Å². The van der Waals surface area contributed by atoms with Gasteiger partial charge in [0, 0.05) is 31.7 Å². The van der Waals surface area contributed by atoms with Crippen molar-refractivity contribution in [2.75, 3.05) is 32.7 Å². The molecule has 2 heterocycles. The van der Waals surface area contributed by atoms with Gasteiger partial charge in [0.25, 0.3) is 0 Å². The summed E-state index contributed by atoms with van der Waals surface area (Å²) in [5, 5.41) is 3.60. The molecule has 0 saturated carbocycles. The first-order valence-electron chi connectivity index (χ1n) is 7.80. The van der Waals surface area contributed by atoms with Crippen LogP contribution >= 0.6 is 0 Å². The summed E-state index contributed by atoms with van der Waals surface area (Å²) in [6.45, 7) is 13.0. The first kappa shape index (κ1) is 15.6. The average molecular weight is 283 g/mol. The summed E-state index contributed by atoms with van der Waals surface area (Å²) >= 11 is 0. The van der Waals surface area contributed by atoms with Gasteiger partial charge in [-0.15, -0.1) is 0 Å². The van der Waals surface area contributed by atoms with Gasteiger partial charge in [0.1, 0.15) is 5.60 Å². The van der Waals surface area contributed by atoms with E-state index in [1.54, 1.807) is 4.90 Å². The van der Waals surface area contributed by atoms with Crippen LogP contribution in [0.3, 0.4) is 0 Å². The van der Waals surface area contributed by atoms with Crippen molar-refractivity contribution in [1.29, 1.82) is 0 Å². The van der Waals surface area contributed by atoms with E-state index in [4.69, 9.17) is 4.74 Å². The topological polar surface area (TPSA) is 44.8 Å². The maximum atomic E-state index is 11.8. The Bertz CT molecular complexity index is 329. The zero-order valence-electron chi connectivity index (χ0n) is 13.3. The molecule has 2 saturated heterocycles. The SMILES string of the molecule is CC(CN1CCCC1)NC1CN(C(=O)OC(C)(C)C)C1. The largest absolute Gasteiger partial charge is 0.444 e. The minimum Gasteiger partial charge on any atom is -0.444 e. The molecule has 116 valence electrons. The van der Waals surface area contributed by atoms with Crippen molar-refractivity contribution in [3.63, 3.8) is 0 Å². The number of carbonyl (C=O) groups is 1. The lowest BCUT2D eigenvalue weighted by atomic mass is 10.1. The van der Waals surface area contributed by atoms with Gasteiger partial charge >= 0.3 is 6.09 Å². The summed E-state index contributed by atoms with van der Waals surface area (Å²) < 4.78 is 5.35. The summed E-state index contributed by atoms with van der Waals surface area (Å²) in [5.41, 5.74) is -0.404. The molecule has 1 N–H and O–H groups in total. The number of hydrogen-bond acceptors (Lipinski definition) is 4. The summed E-state index contributed by atoms with van der Waals surface area (Å²) in [6, 6.07) is 0.902. The van der Waals surface area contributed by atoms with Gasteiger partial charge in [0.2, 0.25) is 0 Å². The Kier molecular flexibility index (Phi) is 4.91. The number of nitrogens with zero attached hydrogens (tertiary/aromatic N) is 2. The van der Waals surface area contributed by atoms with Crippen LogP contribution in [0.5, 0.6) is 0 Å². The number of amides is 1. The van der Waals surface area contributed by atoms with Gasteiger partial charge in [0.05, 0.1) is 0 Å². The molecule has 5 heteroatoms. The summed E-state index contributed by atoms with van der Waals surface area (Å²) in [5.74, 6) is 0. The molecule has 20 heavy (non-hydrogen) atoms. The predicted octanol–water partition coefficient (Wildman–Crippen LogP) is 1.68. The molecular weight excluding hydrogens is 254 g/mol. The minimum absolute atomic E-state index is 0.192. The Morgan fingerprint density at radius 2 is 1.90 bits per heavy atom. The maximum absolute atomic E-state index is 11.8. The average Bonchev–Trinajstić information content (AvgIpc) is 2.72. The van der Waals surface area contributed by atoms with Crippen LogP contribution in [-0.4, -0.2) is 66.3 Å². The van der Waals surface area contributed by atoms with E-state index < -0.39 is 5.60 Å². The van der Waals surface area contributed by atoms with Crippen LogP contribution in [0.1, 0.15) is 40.5 Å². The molecule has 2 fully saturated rings. The zero-order chi connectivity index (χ0) is 14.8. The van der Waals surface area contributed by atoms with Crippen LogP contribution in [0.2, 0.25) is 0 Å².